The van der Waals surface area contributed by atoms with E-state index in [1.54, 1.807) is 36.4 Å². The van der Waals surface area contributed by atoms with E-state index in [-0.39, 0.29) is 0 Å². The Morgan fingerprint density at radius 3 is 2.22 bits per heavy atom. The van der Waals surface area contributed by atoms with Crippen molar-refractivity contribution in [2.75, 3.05) is 0 Å². The number of halogens is 1. The first-order valence-corrected chi connectivity index (χ1v) is 6.44. The minimum absolute atomic E-state index is 0.548. The monoisotopic (exact) mass is 354 g/mol. The highest BCUT2D eigenvalue weighted by atomic mass is 127. The average molecular weight is 354 g/mol. The Bertz CT molecular complexity index is 522. The fourth-order valence-electron chi connectivity index (χ4n) is 1.54. The second-order valence-corrected chi connectivity index (χ2v) is 4.95. The minimum atomic E-state index is -1.00. The van der Waals surface area contributed by atoms with Gasteiger partial charge in [-0.15, -0.1) is 0 Å². The van der Waals surface area contributed by atoms with E-state index in [4.69, 9.17) is 4.74 Å². The molecule has 0 heterocycles. The largest absolute Gasteiger partial charge is 0.478 e. The lowest BCUT2D eigenvalue weighted by Gasteiger charge is -2.15. The van der Waals surface area contributed by atoms with E-state index >= 15 is 0 Å². The molecule has 2 aromatic carbocycles. The lowest BCUT2D eigenvalue weighted by atomic mass is 10.1. The molecule has 0 aliphatic heterocycles. The lowest BCUT2D eigenvalue weighted by Crippen LogP contribution is -2.18. The molecular weight excluding hydrogens is 343 g/mol. The van der Waals surface area contributed by atoms with Crippen molar-refractivity contribution in [1.82, 2.24) is 0 Å². The van der Waals surface area contributed by atoms with Crippen molar-refractivity contribution in [2.24, 2.45) is 0 Å². The molecule has 2 rings (SSSR count). The van der Waals surface area contributed by atoms with E-state index in [0.29, 0.717) is 11.3 Å². The predicted octanol–water partition coefficient (Wildman–Crippen LogP) is 3.50. The fourth-order valence-corrected chi connectivity index (χ4v) is 1.90. The Kier molecular flexibility index (Phi) is 4.19. The van der Waals surface area contributed by atoms with E-state index in [1.165, 1.54) is 0 Å². The van der Waals surface area contributed by atoms with Crippen LogP contribution in [0.3, 0.4) is 0 Å². The first-order chi connectivity index (χ1) is 8.66. The van der Waals surface area contributed by atoms with Crippen LogP contribution >= 0.6 is 22.6 Å². The molecular formula is C14H11IO3. The van der Waals surface area contributed by atoms with E-state index in [2.05, 4.69) is 22.6 Å². The van der Waals surface area contributed by atoms with Crippen molar-refractivity contribution in [3.8, 4) is 5.75 Å². The quantitative estimate of drug-likeness (QED) is 0.855. The highest BCUT2D eigenvalue weighted by Gasteiger charge is 2.21. The Morgan fingerprint density at radius 1 is 1.06 bits per heavy atom. The zero-order chi connectivity index (χ0) is 13.0. The fraction of sp³-hybridized carbons (Fsp3) is 0.0714. The summed E-state index contributed by atoms with van der Waals surface area (Å²) in [6.45, 7) is 0. The Morgan fingerprint density at radius 2 is 1.67 bits per heavy atom. The first kappa shape index (κ1) is 12.9. The van der Waals surface area contributed by atoms with Gasteiger partial charge in [0, 0.05) is 9.13 Å². The maximum Gasteiger partial charge on any atom is 0.349 e. The van der Waals surface area contributed by atoms with Crippen molar-refractivity contribution in [1.29, 1.82) is 0 Å². The zero-order valence-electron chi connectivity index (χ0n) is 9.42. The molecule has 0 fully saturated rings. The summed E-state index contributed by atoms with van der Waals surface area (Å²) >= 11 is 2.18. The Hall–Kier alpha value is -1.56. The molecule has 18 heavy (non-hydrogen) atoms. The Labute approximate surface area is 119 Å². The number of benzene rings is 2. The molecule has 0 aliphatic carbocycles. The number of carboxylic acid groups (broad SMARTS) is 1. The molecule has 1 unspecified atom stereocenters. The average Bonchev–Trinajstić information content (AvgIpc) is 2.38. The number of hydrogen-bond donors (Lipinski definition) is 1. The van der Waals surface area contributed by atoms with Gasteiger partial charge in [0.25, 0.3) is 0 Å². The van der Waals surface area contributed by atoms with E-state index < -0.39 is 12.1 Å². The predicted molar refractivity (Wildman–Crippen MR) is 76.6 cm³/mol. The molecule has 4 heteroatoms. The highest BCUT2D eigenvalue weighted by molar-refractivity contribution is 14.1. The van der Waals surface area contributed by atoms with Gasteiger partial charge >= 0.3 is 5.97 Å². The topological polar surface area (TPSA) is 46.5 Å². The molecule has 1 atom stereocenters. The summed E-state index contributed by atoms with van der Waals surface area (Å²) < 4.78 is 6.59. The van der Waals surface area contributed by atoms with Crippen molar-refractivity contribution in [2.45, 2.75) is 6.10 Å². The summed E-state index contributed by atoms with van der Waals surface area (Å²) in [5.74, 6) is -0.452. The molecule has 0 bridgehead atoms. The van der Waals surface area contributed by atoms with Gasteiger partial charge in [-0.05, 0) is 46.9 Å². The van der Waals surface area contributed by atoms with Crippen LogP contribution in [-0.2, 0) is 4.79 Å². The second kappa shape index (κ2) is 5.86. The molecule has 0 radical (unpaired) electrons. The number of ether oxygens (including phenoxy) is 1. The summed E-state index contributed by atoms with van der Waals surface area (Å²) in [6.07, 6.45) is -0.980. The maximum atomic E-state index is 11.2. The number of hydrogen-bond acceptors (Lipinski definition) is 2. The van der Waals surface area contributed by atoms with Crippen LogP contribution in [0.25, 0.3) is 0 Å². The van der Waals surface area contributed by atoms with Crippen LogP contribution in [0.15, 0.2) is 54.6 Å². The molecule has 0 spiro atoms. The van der Waals surface area contributed by atoms with Crippen molar-refractivity contribution in [3.05, 3.63) is 63.7 Å². The number of carbonyl (C=O) groups is 1. The van der Waals surface area contributed by atoms with E-state index in [0.717, 1.165) is 3.57 Å². The third-order valence-electron chi connectivity index (χ3n) is 2.39. The van der Waals surface area contributed by atoms with Crippen LogP contribution in [0.5, 0.6) is 5.75 Å². The van der Waals surface area contributed by atoms with E-state index in [9.17, 15) is 9.90 Å². The summed E-state index contributed by atoms with van der Waals surface area (Å²) in [4.78, 5) is 11.2. The van der Waals surface area contributed by atoms with Gasteiger partial charge in [-0.3, -0.25) is 0 Å². The second-order valence-electron chi connectivity index (χ2n) is 3.70. The minimum Gasteiger partial charge on any atom is -0.478 e. The van der Waals surface area contributed by atoms with Crippen LogP contribution in [0.2, 0.25) is 0 Å². The van der Waals surface area contributed by atoms with Gasteiger partial charge in [0.15, 0.2) is 0 Å². The standard InChI is InChI=1S/C14H11IO3/c15-11-6-8-12(9-7-11)18-13(14(16)17)10-4-2-1-3-5-10/h1-9,13H,(H,16,17). The van der Waals surface area contributed by atoms with Crippen LogP contribution in [0.1, 0.15) is 11.7 Å². The molecule has 92 valence electrons. The highest BCUT2D eigenvalue weighted by Crippen LogP contribution is 2.22. The third kappa shape index (κ3) is 3.22. The molecule has 0 amide bonds. The Balaban J connectivity index is 2.22. The third-order valence-corrected chi connectivity index (χ3v) is 3.11. The lowest BCUT2D eigenvalue weighted by molar-refractivity contribution is -0.145. The van der Waals surface area contributed by atoms with Gasteiger partial charge in [-0.1, -0.05) is 30.3 Å². The first-order valence-electron chi connectivity index (χ1n) is 5.37. The molecule has 2 aromatic rings. The molecule has 0 saturated carbocycles. The smallest absolute Gasteiger partial charge is 0.349 e. The van der Waals surface area contributed by atoms with Gasteiger partial charge < -0.3 is 9.84 Å². The molecule has 3 nitrogen and oxygen atoms in total. The summed E-state index contributed by atoms with van der Waals surface area (Å²) in [6, 6.07) is 16.2. The molecule has 1 N–H and O–H groups in total. The van der Waals surface area contributed by atoms with Crippen LogP contribution < -0.4 is 4.74 Å². The summed E-state index contributed by atoms with van der Waals surface area (Å²) in [5.41, 5.74) is 0.628. The molecule has 0 saturated heterocycles. The summed E-state index contributed by atoms with van der Waals surface area (Å²) in [5, 5.41) is 9.22. The van der Waals surface area contributed by atoms with Crippen LogP contribution in [0.4, 0.5) is 0 Å². The van der Waals surface area contributed by atoms with Gasteiger partial charge in [0.1, 0.15) is 5.75 Å². The van der Waals surface area contributed by atoms with Gasteiger partial charge in [0.05, 0.1) is 0 Å². The van der Waals surface area contributed by atoms with Crippen molar-refractivity contribution < 1.29 is 14.6 Å². The SMILES string of the molecule is O=C(O)C(Oc1ccc(I)cc1)c1ccccc1. The van der Waals surface area contributed by atoms with E-state index in [1.807, 2.05) is 18.2 Å². The van der Waals surface area contributed by atoms with Crippen molar-refractivity contribution in [3.63, 3.8) is 0 Å². The van der Waals surface area contributed by atoms with Crippen molar-refractivity contribution >= 4 is 28.6 Å². The van der Waals surface area contributed by atoms with Crippen LogP contribution in [-0.4, -0.2) is 11.1 Å². The number of rotatable bonds is 4. The van der Waals surface area contributed by atoms with Gasteiger partial charge in [-0.2, -0.15) is 0 Å². The van der Waals surface area contributed by atoms with Crippen LogP contribution in [0, 0.1) is 3.57 Å². The number of aliphatic carboxylic acids is 1. The van der Waals surface area contributed by atoms with Gasteiger partial charge in [0.2, 0.25) is 6.10 Å². The summed E-state index contributed by atoms with van der Waals surface area (Å²) in [7, 11) is 0. The maximum absolute atomic E-state index is 11.2. The molecule has 0 aromatic heterocycles. The number of carboxylic acids is 1. The van der Waals surface area contributed by atoms with Gasteiger partial charge in [-0.25, -0.2) is 4.79 Å². The zero-order valence-corrected chi connectivity index (χ0v) is 11.6. The molecule has 0 aliphatic rings. The normalized spacial score (nSPS) is 11.8.